The highest BCUT2D eigenvalue weighted by molar-refractivity contribution is 6.16. The molecule has 2 heterocycles. The van der Waals surface area contributed by atoms with Gasteiger partial charge in [-0.25, -0.2) is 0 Å². The zero-order chi connectivity index (χ0) is 24.4. The maximum absolute atomic E-state index is 13.3. The molecule has 1 aromatic heterocycles. The summed E-state index contributed by atoms with van der Waals surface area (Å²) in [5.74, 6) is -0.421. The van der Waals surface area contributed by atoms with Crippen LogP contribution in [-0.4, -0.2) is 34.0 Å². The van der Waals surface area contributed by atoms with Gasteiger partial charge in [-0.3, -0.25) is 14.5 Å². The minimum absolute atomic E-state index is 0.0736. The molecule has 0 spiro atoms. The molecule has 8 heteroatoms. The Morgan fingerprint density at radius 2 is 1.88 bits per heavy atom. The molecule has 8 nitrogen and oxygen atoms in total. The summed E-state index contributed by atoms with van der Waals surface area (Å²) in [7, 11) is 1.59. The fourth-order valence-electron chi connectivity index (χ4n) is 4.21. The SMILES string of the molecule is COCc1ccccc1C1C(C(=O)CC(C)C)=C(O)C(=O)N1c1ccc(-c2noc(C)n2)cc1. The lowest BCUT2D eigenvalue weighted by Gasteiger charge is -2.28. The van der Waals surface area contributed by atoms with Crippen molar-refractivity contribution in [1.29, 1.82) is 0 Å². The summed E-state index contributed by atoms with van der Waals surface area (Å²) in [6, 6.07) is 13.7. The van der Waals surface area contributed by atoms with E-state index < -0.39 is 17.7 Å². The number of Topliss-reactive ketones (excluding diaryl/α,β-unsaturated/α-hetero) is 1. The molecular weight excluding hydrogens is 434 g/mol. The molecule has 0 radical (unpaired) electrons. The number of methoxy groups -OCH3 is 1. The Balaban J connectivity index is 1.81. The predicted octanol–water partition coefficient (Wildman–Crippen LogP) is 4.71. The van der Waals surface area contributed by atoms with Crippen LogP contribution in [0.3, 0.4) is 0 Å². The minimum Gasteiger partial charge on any atom is -0.503 e. The number of anilines is 1. The maximum atomic E-state index is 13.3. The molecule has 34 heavy (non-hydrogen) atoms. The van der Waals surface area contributed by atoms with Gasteiger partial charge in [-0.1, -0.05) is 43.3 Å². The number of ether oxygens (including phenoxy) is 1. The van der Waals surface area contributed by atoms with E-state index in [9.17, 15) is 14.7 Å². The summed E-state index contributed by atoms with van der Waals surface area (Å²) in [5.41, 5.74) is 2.92. The second kappa shape index (κ2) is 9.61. The van der Waals surface area contributed by atoms with Crippen LogP contribution in [0.1, 0.15) is 43.3 Å². The highest BCUT2D eigenvalue weighted by Crippen LogP contribution is 2.43. The zero-order valence-corrected chi connectivity index (χ0v) is 19.6. The number of aliphatic hydroxyl groups is 1. The number of rotatable bonds is 8. The monoisotopic (exact) mass is 461 g/mol. The van der Waals surface area contributed by atoms with E-state index >= 15 is 0 Å². The Kier molecular flexibility index (Phi) is 6.61. The van der Waals surface area contributed by atoms with E-state index in [1.165, 1.54) is 4.90 Å². The molecule has 4 rings (SSSR count). The van der Waals surface area contributed by atoms with E-state index in [0.717, 1.165) is 16.7 Å². The third kappa shape index (κ3) is 4.36. The van der Waals surface area contributed by atoms with Gasteiger partial charge in [0.2, 0.25) is 11.7 Å². The predicted molar refractivity (Wildman–Crippen MR) is 126 cm³/mol. The molecular formula is C26H27N3O5. The Morgan fingerprint density at radius 3 is 2.50 bits per heavy atom. The first-order valence-corrected chi connectivity index (χ1v) is 11.1. The van der Waals surface area contributed by atoms with Crippen molar-refractivity contribution in [3.63, 3.8) is 0 Å². The summed E-state index contributed by atoms with van der Waals surface area (Å²) >= 11 is 0. The number of carbonyl (C=O) groups excluding carboxylic acids is 2. The van der Waals surface area contributed by atoms with Gasteiger partial charge >= 0.3 is 0 Å². The van der Waals surface area contributed by atoms with Crippen molar-refractivity contribution in [2.45, 2.75) is 39.8 Å². The molecule has 0 aliphatic carbocycles. The molecule has 1 amide bonds. The molecule has 0 saturated carbocycles. The lowest BCUT2D eigenvalue weighted by Crippen LogP contribution is -2.31. The number of hydrogen-bond donors (Lipinski definition) is 1. The normalized spacial score (nSPS) is 16.1. The van der Waals surface area contributed by atoms with Crippen LogP contribution < -0.4 is 4.90 Å². The first kappa shape index (κ1) is 23.4. The third-order valence-corrected chi connectivity index (χ3v) is 5.68. The van der Waals surface area contributed by atoms with Gasteiger partial charge in [0.25, 0.3) is 5.91 Å². The van der Waals surface area contributed by atoms with Crippen LogP contribution in [0.5, 0.6) is 0 Å². The van der Waals surface area contributed by atoms with Crippen molar-refractivity contribution < 1.29 is 24.0 Å². The number of nitrogens with zero attached hydrogens (tertiary/aromatic N) is 3. The second-order valence-corrected chi connectivity index (χ2v) is 8.68. The number of hydrogen-bond acceptors (Lipinski definition) is 7. The molecule has 1 aliphatic heterocycles. The van der Waals surface area contributed by atoms with E-state index in [-0.39, 0.29) is 23.7 Å². The summed E-state index contributed by atoms with van der Waals surface area (Å²) < 4.78 is 10.4. The van der Waals surface area contributed by atoms with E-state index in [1.807, 2.05) is 38.1 Å². The minimum atomic E-state index is -0.775. The third-order valence-electron chi connectivity index (χ3n) is 5.68. The molecule has 176 valence electrons. The second-order valence-electron chi connectivity index (χ2n) is 8.68. The average molecular weight is 462 g/mol. The molecule has 1 aliphatic rings. The van der Waals surface area contributed by atoms with Crippen molar-refractivity contribution in [3.8, 4) is 11.4 Å². The van der Waals surface area contributed by atoms with Gasteiger partial charge in [-0.2, -0.15) is 4.98 Å². The number of aromatic nitrogens is 2. The number of aliphatic hydroxyl groups excluding tert-OH is 1. The molecule has 2 aromatic carbocycles. The molecule has 0 fully saturated rings. The number of benzene rings is 2. The summed E-state index contributed by atoms with van der Waals surface area (Å²) in [5, 5.41) is 14.8. The van der Waals surface area contributed by atoms with Crippen LogP contribution in [0.2, 0.25) is 0 Å². The van der Waals surface area contributed by atoms with Gasteiger partial charge in [0, 0.05) is 31.7 Å². The number of aryl methyl sites for hydroxylation is 1. The Labute approximate surface area is 197 Å². The summed E-state index contributed by atoms with van der Waals surface area (Å²) in [4.78, 5) is 32.2. The van der Waals surface area contributed by atoms with Gasteiger partial charge in [0.1, 0.15) is 0 Å². The topological polar surface area (TPSA) is 106 Å². The van der Waals surface area contributed by atoms with Gasteiger partial charge in [0.05, 0.1) is 18.2 Å². The standard InChI is InChI=1S/C26H27N3O5/c1-15(2)13-21(30)22-23(20-8-6-5-7-18(20)14-33-4)29(26(32)24(22)31)19-11-9-17(10-12-19)25-27-16(3)34-28-25/h5-12,15,23,31H,13-14H2,1-4H3. The molecule has 0 saturated heterocycles. The first-order chi connectivity index (χ1) is 16.3. The molecule has 3 aromatic rings. The maximum Gasteiger partial charge on any atom is 0.294 e. The fourth-order valence-corrected chi connectivity index (χ4v) is 4.21. The lowest BCUT2D eigenvalue weighted by molar-refractivity contribution is -0.118. The smallest absolute Gasteiger partial charge is 0.294 e. The Morgan fingerprint density at radius 1 is 1.18 bits per heavy atom. The summed E-state index contributed by atoms with van der Waals surface area (Å²) in [6.07, 6.45) is 0.222. The highest BCUT2D eigenvalue weighted by Gasteiger charge is 2.44. The lowest BCUT2D eigenvalue weighted by atomic mass is 9.89. The first-order valence-electron chi connectivity index (χ1n) is 11.1. The van der Waals surface area contributed by atoms with E-state index in [0.29, 0.717) is 24.0 Å². The van der Waals surface area contributed by atoms with Crippen molar-refractivity contribution >= 4 is 17.4 Å². The van der Waals surface area contributed by atoms with Crippen molar-refractivity contribution in [3.05, 3.63) is 76.9 Å². The summed E-state index contributed by atoms with van der Waals surface area (Å²) in [6.45, 7) is 5.86. The van der Waals surface area contributed by atoms with Crippen LogP contribution >= 0.6 is 0 Å². The van der Waals surface area contributed by atoms with Crippen molar-refractivity contribution in [1.82, 2.24) is 10.1 Å². The van der Waals surface area contributed by atoms with Gasteiger partial charge in [-0.15, -0.1) is 0 Å². The largest absolute Gasteiger partial charge is 0.503 e. The Bertz CT molecular complexity index is 1240. The number of amides is 1. The zero-order valence-electron chi connectivity index (χ0n) is 19.6. The van der Waals surface area contributed by atoms with Crippen LogP contribution in [-0.2, 0) is 20.9 Å². The van der Waals surface area contributed by atoms with E-state index in [2.05, 4.69) is 10.1 Å². The van der Waals surface area contributed by atoms with Gasteiger partial charge in [-0.05, 0) is 41.3 Å². The van der Waals surface area contributed by atoms with Crippen LogP contribution in [0.4, 0.5) is 5.69 Å². The Hall–Kier alpha value is -3.78. The van der Waals surface area contributed by atoms with Gasteiger partial charge in [0.15, 0.2) is 11.5 Å². The fraction of sp³-hybridized carbons (Fsp3) is 0.308. The highest BCUT2D eigenvalue weighted by atomic mass is 16.5. The number of carbonyl (C=O) groups is 2. The molecule has 1 N–H and O–H groups in total. The van der Waals surface area contributed by atoms with Crippen molar-refractivity contribution in [2.75, 3.05) is 12.0 Å². The van der Waals surface area contributed by atoms with Gasteiger partial charge < -0.3 is 14.4 Å². The van der Waals surface area contributed by atoms with Crippen LogP contribution in [0, 0.1) is 12.8 Å². The quantitative estimate of drug-likeness (QED) is 0.518. The molecule has 1 atom stereocenters. The molecule has 1 unspecified atom stereocenters. The molecule has 0 bridgehead atoms. The van der Waals surface area contributed by atoms with E-state index in [1.54, 1.807) is 38.3 Å². The van der Waals surface area contributed by atoms with Crippen molar-refractivity contribution in [2.24, 2.45) is 5.92 Å². The number of ketones is 1. The van der Waals surface area contributed by atoms with Crippen LogP contribution in [0.15, 0.2) is 64.4 Å². The van der Waals surface area contributed by atoms with Crippen LogP contribution in [0.25, 0.3) is 11.4 Å². The van der Waals surface area contributed by atoms with E-state index in [4.69, 9.17) is 9.26 Å². The average Bonchev–Trinajstić information content (AvgIpc) is 3.35.